The number of fused-ring (bicyclic) bond motifs is 1. The Balaban J connectivity index is 1.66. The van der Waals surface area contributed by atoms with Crippen molar-refractivity contribution < 1.29 is 19.8 Å². The topological polar surface area (TPSA) is 98.7 Å². The summed E-state index contributed by atoms with van der Waals surface area (Å²) < 4.78 is 0. The van der Waals surface area contributed by atoms with E-state index >= 15 is 0 Å². The van der Waals surface area contributed by atoms with Gasteiger partial charge in [-0.3, -0.25) is 14.9 Å². The third kappa shape index (κ3) is 3.75. The minimum absolute atomic E-state index is 0.195. The first-order chi connectivity index (χ1) is 14.4. The van der Waals surface area contributed by atoms with Crippen molar-refractivity contribution in [2.45, 2.75) is 13.5 Å². The first-order valence-corrected chi connectivity index (χ1v) is 9.44. The van der Waals surface area contributed by atoms with Gasteiger partial charge in [-0.25, -0.2) is 0 Å². The molecule has 2 amide bonds. The van der Waals surface area contributed by atoms with Crippen LogP contribution in [0.2, 0.25) is 0 Å². The number of hydrogen-bond donors (Lipinski definition) is 4. The van der Waals surface area contributed by atoms with E-state index in [-0.39, 0.29) is 11.5 Å². The molecule has 30 heavy (non-hydrogen) atoms. The molecule has 0 aliphatic carbocycles. The second-order valence-electron chi connectivity index (χ2n) is 7.17. The summed E-state index contributed by atoms with van der Waals surface area (Å²) in [6, 6.07) is 18.0. The van der Waals surface area contributed by atoms with Gasteiger partial charge in [-0.05, 0) is 47.9 Å². The van der Waals surface area contributed by atoms with Crippen molar-refractivity contribution in [3.8, 4) is 22.6 Å². The van der Waals surface area contributed by atoms with Gasteiger partial charge in [0.25, 0.3) is 11.8 Å². The number of aryl methyl sites for hydroxylation is 1. The standard InChI is InChI=1S/C24H20N2O4/c1-14-2-5-16(6-3-14)17-7-8-18-19(11-17)20(24(30)26-23(18)29)13-25-12-15-4-9-21(27)22(28)10-15/h2-11,13,25,27-28H,12H2,1H3,(H,26,29,30)/b20-13+. The van der Waals surface area contributed by atoms with Gasteiger partial charge in [-0.2, -0.15) is 0 Å². The van der Waals surface area contributed by atoms with Crippen LogP contribution in [-0.2, 0) is 11.3 Å². The van der Waals surface area contributed by atoms with Crippen LogP contribution in [0.15, 0.2) is 66.9 Å². The maximum atomic E-state index is 12.5. The molecule has 1 heterocycles. The van der Waals surface area contributed by atoms with Crippen molar-refractivity contribution in [2.24, 2.45) is 0 Å². The molecule has 6 heteroatoms. The van der Waals surface area contributed by atoms with E-state index in [4.69, 9.17) is 0 Å². The van der Waals surface area contributed by atoms with Crippen LogP contribution in [0.5, 0.6) is 11.5 Å². The van der Waals surface area contributed by atoms with Gasteiger partial charge >= 0.3 is 0 Å². The van der Waals surface area contributed by atoms with Gasteiger partial charge in [-0.1, -0.05) is 42.0 Å². The van der Waals surface area contributed by atoms with E-state index in [2.05, 4.69) is 10.6 Å². The molecule has 0 fully saturated rings. The van der Waals surface area contributed by atoms with Crippen molar-refractivity contribution in [2.75, 3.05) is 0 Å². The molecule has 6 nitrogen and oxygen atoms in total. The maximum Gasteiger partial charge on any atom is 0.260 e. The first-order valence-electron chi connectivity index (χ1n) is 9.44. The van der Waals surface area contributed by atoms with Crippen LogP contribution in [0.1, 0.15) is 27.0 Å². The fourth-order valence-corrected chi connectivity index (χ4v) is 3.34. The van der Waals surface area contributed by atoms with Crippen LogP contribution in [0.4, 0.5) is 0 Å². The summed E-state index contributed by atoms with van der Waals surface area (Å²) in [6.45, 7) is 2.34. The number of amides is 2. The van der Waals surface area contributed by atoms with Crippen LogP contribution in [0.3, 0.4) is 0 Å². The van der Waals surface area contributed by atoms with Gasteiger partial charge in [0.1, 0.15) is 0 Å². The summed E-state index contributed by atoms with van der Waals surface area (Å²) in [5.41, 5.74) is 5.11. The van der Waals surface area contributed by atoms with E-state index in [1.54, 1.807) is 18.3 Å². The molecule has 0 spiro atoms. The molecule has 0 bridgehead atoms. The lowest BCUT2D eigenvalue weighted by atomic mass is 9.91. The van der Waals surface area contributed by atoms with Gasteiger partial charge in [-0.15, -0.1) is 0 Å². The van der Waals surface area contributed by atoms with Gasteiger partial charge in [0.15, 0.2) is 11.5 Å². The van der Waals surface area contributed by atoms with Crippen molar-refractivity contribution in [1.82, 2.24) is 10.6 Å². The van der Waals surface area contributed by atoms with E-state index in [0.29, 0.717) is 23.2 Å². The average molecular weight is 400 g/mol. The Labute approximate surface area is 173 Å². The molecule has 0 saturated heterocycles. The van der Waals surface area contributed by atoms with E-state index < -0.39 is 11.8 Å². The zero-order chi connectivity index (χ0) is 21.3. The smallest absolute Gasteiger partial charge is 0.260 e. The third-order valence-corrected chi connectivity index (χ3v) is 5.00. The molecule has 3 aromatic carbocycles. The number of rotatable bonds is 4. The quantitative estimate of drug-likeness (QED) is 0.305. The molecule has 4 N–H and O–H groups in total. The molecule has 150 valence electrons. The number of benzene rings is 3. The third-order valence-electron chi connectivity index (χ3n) is 5.00. The Morgan fingerprint density at radius 2 is 1.57 bits per heavy atom. The molecule has 4 rings (SSSR count). The van der Waals surface area contributed by atoms with Crippen molar-refractivity contribution >= 4 is 17.4 Å². The van der Waals surface area contributed by atoms with Crippen LogP contribution in [0, 0.1) is 6.92 Å². The lowest BCUT2D eigenvalue weighted by molar-refractivity contribution is -0.114. The number of carbonyl (C=O) groups excluding carboxylic acids is 2. The molecule has 0 atom stereocenters. The van der Waals surface area contributed by atoms with Crippen LogP contribution in [-0.4, -0.2) is 22.0 Å². The Morgan fingerprint density at radius 1 is 0.833 bits per heavy atom. The average Bonchev–Trinajstić information content (AvgIpc) is 2.73. The number of phenolic OH excluding ortho intramolecular Hbond substituents is 2. The Bertz CT molecular complexity index is 1180. The molecule has 3 aromatic rings. The zero-order valence-electron chi connectivity index (χ0n) is 16.3. The van der Waals surface area contributed by atoms with Crippen LogP contribution >= 0.6 is 0 Å². The Morgan fingerprint density at radius 3 is 2.30 bits per heavy atom. The number of hydrogen-bond acceptors (Lipinski definition) is 5. The van der Waals surface area contributed by atoms with Crippen LogP contribution < -0.4 is 10.6 Å². The fraction of sp³-hybridized carbons (Fsp3) is 0.0833. The van der Waals surface area contributed by atoms with Gasteiger partial charge in [0.05, 0.1) is 5.57 Å². The highest BCUT2D eigenvalue weighted by Crippen LogP contribution is 2.30. The van der Waals surface area contributed by atoms with E-state index in [9.17, 15) is 19.8 Å². The molecular formula is C24H20N2O4. The normalized spacial score (nSPS) is 14.4. The van der Waals surface area contributed by atoms with Gasteiger partial charge in [0.2, 0.25) is 0 Å². The van der Waals surface area contributed by atoms with E-state index in [0.717, 1.165) is 22.3 Å². The fourth-order valence-electron chi connectivity index (χ4n) is 3.34. The maximum absolute atomic E-state index is 12.5. The van der Waals surface area contributed by atoms with Gasteiger partial charge < -0.3 is 15.5 Å². The van der Waals surface area contributed by atoms with Crippen molar-refractivity contribution in [3.05, 3.63) is 89.1 Å². The minimum atomic E-state index is -0.477. The second-order valence-corrected chi connectivity index (χ2v) is 7.17. The monoisotopic (exact) mass is 400 g/mol. The largest absolute Gasteiger partial charge is 0.504 e. The number of phenols is 2. The molecule has 0 unspecified atom stereocenters. The summed E-state index contributed by atoms with van der Waals surface area (Å²) in [6.07, 6.45) is 1.56. The Hall–Kier alpha value is -4.06. The molecule has 0 radical (unpaired) electrons. The predicted octanol–water partition coefficient (Wildman–Crippen LogP) is 3.47. The zero-order valence-corrected chi connectivity index (χ0v) is 16.3. The van der Waals surface area contributed by atoms with Crippen molar-refractivity contribution in [1.29, 1.82) is 0 Å². The highest BCUT2D eigenvalue weighted by atomic mass is 16.3. The summed E-state index contributed by atoms with van der Waals surface area (Å²) in [4.78, 5) is 24.8. The Kier molecular flexibility index (Phi) is 4.98. The lowest BCUT2D eigenvalue weighted by Crippen LogP contribution is -2.37. The highest BCUT2D eigenvalue weighted by Gasteiger charge is 2.27. The van der Waals surface area contributed by atoms with E-state index in [1.807, 2.05) is 43.3 Å². The molecule has 1 aliphatic rings. The number of carbonyl (C=O) groups is 2. The molecule has 0 aromatic heterocycles. The number of aromatic hydroxyl groups is 2. The molecular weight excluding hydrogens is 380 g/mol. The predicted molar refractivity (Wildman–Crippen MR) is 114 cm³/mol. The minimum Gasteiger partial charge on any atom is -0.504 e. The van der Waals surface area contributed by atoms with E-state index in [1.165, 1.54) is 12.1 Å². The molecule has 0 saturated carbocycles. The number of imide groups is 1. The van der Waals surface area contributed by atoms with Crippen molar-refractivity contribution in [3.63, 3.8) is 0 Å². The van der Waals surface area contributed by atoms with Crippen LogP contribution in [0.25, 0.3) is 16.7 Å². The lowest BCUT2D eigenvalue weighted by Gasteiger charge is -2.19. The summed E-state index contributed by atoms with van der Waals surface area (Å²) >= 11 is 0. The highest BCUT2D eigenvalue weighted by molar-refractivity contribution is 6.31. The second kappa shape index (κ2) is 7.75. The first kappa shape index (κ1) is 19.3. The van der Waals surface area contributed by atoms with Gasteiger partial charge in [0, 0.05) is 23.9 Å². The summed E-state index contributed by atoms with van der Waals surface area (Å²) in [5, 5.41) is 24.4. The number of nitrogens with one attached hydrogen (secondary N) is 2. The summed E-state index contributed by atoms with van der Waals surface area (Å²) in [5.74, 6) is -1.31. The molecule has 1 aliphatic heterocycles. The SMILES string of the molecule is Cc1ccc(-c2ccc3c(c2)/C(=C\NCc2ccc(O)c(O)c2)C(=O)NC3=O)cc1. The summed E-state index contributed by atoms with van der Waals surface area (Å²) in [7, 11) is 0.